The van der Waals surface area contributed by atoms with Gasteiger partial charge in [0.1, 0.15) is 5.75 Å². The maximum Gasteiger partial charge on any atom is 0.223 e. The minimum Gasteiger partial charge on any atom is -0.493 e. The van der Waals surface area contributed by atoms with Crippen LogP contribution in [0.25, 0.3) is 0 Å². The molecule has 0 aromatic heterocycles. The largest absolute Gasteiger partial charge is 0.493 e. The van der Waals surface area contributed by atoms with Crippen molar-refractivity contribution in [2.24, 2.45) is 5.41 Å². The number of carbonyl (C=O) groups is 2. The van der Waals surface area contributed by atoms with Gasteiger partial charge < -0.3 is 24.2 Å². The van der Waals surface area contributed by atoms with Crippen molar-refractivity contribution in [1.82, 2.24) is 14.7 Å². The van der Waals surface area contributed by atoms with E-state index >= 15 is 0 Å². The zero-order chi connectivity index (χ0) is 23.1. The fraction of sp³-hybridized carbons (Fsp3) is 0.680. The van der Waals surface area contributed by atoms with Crippen molar-refractivity contribution in [3.05, 3.63) is 29.3 Å². The summed E-state index contributed by atoms with van der Waals surface area (Å²) in [6, 6.07) is 7.35. The minimum absolute atomic E-state index is 0.124. The van der Waals surface area contributed by atoms with E-state index in [2.05, 4.69) is 4.90 Å². The summed E-state index contributed by atoms with van der Waals surface area (Å²) in [6.07, 6.45) is 5.12. The lowest BCUT2D eigenvalue weighted by Gasteiger charge is -2.43. The summed E-state index contributed by atoms with van der Waals surface area (Å²) in [6.45, 7) is 7.14. The van der Waals surface area contributed by atoms with Crippen LogP contribution in [0.1, 0.15) is 38.5 Å². The number of carbonyl (C=O) groups excluding carboxylic acids is 2. The van der Waals surface area contributed by atoms with Crippen LogP contribution in [0, 0.1) is 5.41 Å². The molecule has 1 atom stereocenters. The number of hydrogen-bond donors (Lipinski definition) is 0. The number of morpholine rings is 1. The van der Waals surface area contributed by atoms with Crippen LogP contribution in [-0.4, -0.2) is 92.1 Å². The Kier molecular flexibility index (Phi) is 8.50. The number of halogens is 1. The lowest BCUT2D eigenvalue weighted by atomic mass is 9.77. The molecule has 33 heavy (non-hydrogen) atoms. The third-order valence-electron chi connectivity index (χ3n) is 7.09. The van der Waals surface area contributed by atoms with E-state index in [4.69, 9.17) is 21.1 Å². The van der Waals surface area contributed by atoms with Gasteiger partial charge in [0.15, 0.2) is 0 Å². The molecule has 0 N–H and O–H groups in total. The van der Waals surface area contributed by atoms with Crippen molar-refractivity contribution < 1.29 is 19.1 Å². The van der Waals surface area contributed by atoms with E-state index < -0.39 is 5.41 Å². The fourth-order valence-electron chi connectivity index (χ4n) is 5.19. The molecular formula is C25H36ClN3O4. The number of nitrogens with zero attached hydrogens (tertiary/aromatic N) is 3. The predicted molar refractivity (Wildman–Crippen MR) is 128 cm³/mol. The molecule has 3 saturated heterocycles. The van der Waals surface area contributed by atoms with Crippen LogP contribution in [0.15, 0.2) is 24.3 Å². The van der Waals surface area contributed by atoms with Crippen LogP contribution in [0.2, 0.25) is 5.02 Å². The summed E-state index contributed by atoms with van der Waals surface area (Å²) >= 11 is 6.13. The van der Waals surface area contributed by atoms with Crippen molar-refractivity contribution in [3.8, 4) is 5.75 Å². The van der Waals surface area contributed by atoms with Crippen molar-refractivity contribution in [2.45, 2.75) is 38.5 Å². The SMILES string of the molecule is O=C(C[C@]1(COc2cccc(Cl)c2)CCCN(C(=O)CCN2CCCC2)C1)N1CCOCC1. The lowest BCUT2D eigenvalue weighted by molar-refractivity contribution is -0.144. The first kappa shape index (κ1) is 24.3. The van der Waals surface area contributed by atoms with Gasteiger partial charge in [-0.1, -0.05) is 17.7 Å². The lowest BCUT2D eigenvalue weighted by Crippen LogP contribution is -2.52. The van der Waals surface area contributed by atoms with Gasteiger partial charge in [0.05, 0.1) is 19.8 Å². The van der Waals surface area contributed by atoms with Crippen LogP contribution in [-0.2, 0) is 14.3 Å². The summed E-state index contributed by atoms with van der Waals surface area (Å²) in [5, 5.41) is 0.619. The first-order chi connectivity index (χ1) is 16.0. The van der Waals surface area contributed by atoms with Crippen LogP contribution >= 0.6 is 11.6 Å². The van der Waals surface area contributed by atoms with E-state index in [0.717, 1.165) is 39.0 Å². The van der Waals surface area contributed by atoms with Gasteiger partial charge in [0, 0.05) is 56.0 Å². The molecule has 0 unspecified atom stereocenters. The third-order valence-corrected chi connectivity index (χ3v) is 7.32. The zero-order valence-corrected chi connectivity index (χ0v) is 20.2. The Morgan fingerprint density at radius 1 is 1.00 bits per heavy atom. The van der Waals surface area contributed by atoms with Gasteiger partial charge in [0.2, 0.25) is 11.8 Å². The van der Waals surface area contributed by atoms with Gasteiger partial charge in [-0.05, 0) is 57.0 Å². The van der Waals surface area contributed by atoms with Gasteiger partial charge in [-0.3, -0.25) is 9.59 Å². The smallest absolute Gasteiger partial charge is 0.223 e. The topological polar surface area (TPSA) is 62.3 Å². The monoisotopic (exact) mass is 477 g/mol. The first-order valence-electron chi connectivity index (χ1n) is 12.3. The molecule has 8 heteroatoms. The van der Waals surface area contributed by atoms with Gasteiger partial charge in [-0.15, -0.1) is 0 Å². The van der Waals surface area contributed by atoms with Gasteiger partial charge in [-0.25, -0.2) is 0 Å². The summed E-state index contributed by atoms with van der Waals surface area (Å²) in [4.78, 5) is 32.5. The number of ether oxygens (including phenoxy) is 2. The van der Waals surface area contributed by atoms with E-state index in [9.17, 15) is 9.59 Å². The predicted octanol–water partition coefficient (Wildman–Crippen LogP) is 3.06. The quantitative estimate of drug-likeness (QED) is 0.576. The molecule has 0 bridgehead atoms. The molecule has 7 nitrogen and oxygen atoms in total. The summed E-state index contributed by atoms with van der Waals surface area (Å²) in [5.74, 6) is 1.00. The highest BCUT2D eigenvalue weighted by molar-refractivity contribution is 6.30. The Balaban J connectivity index is 1.43. The second-order valence-electron chi connectivity index (χ2n) is 9.63. The number of likely N-dealkylation sites (tertiary alicyclic amines) is 2. The molecule has 0 radical (unpaired) electrons. The van der Waals surface area contributed by atoms with Crippen molar-refractivity contribution in [2.75, 3.05) is 65.6 Å². The van der Waals surface area contributed by atoms with E-state index in [0.29, 0.717) is 63.1 Å². The fourth-order valence-corrected chi connectivity index (χ4v) is 5.37. The molecule has 1 aromatic carbocycles. The van der Waals surface area contributed by atoms with E-state index in [1.807, 2.05) is 28.0 Å². The van der Waals surface area contributed by atoms with Gasteiger partial charge >= 0.3 is 0 Å². The molecule has 1 aromatic rings. The molecule has 3 fully saturated rings. The second kappa shape index (κ2) is 11.5. The number of rotatable bonds is 8. The normalized spacial score (nSPS) is 24.2. The molecule has 0 aliphatic carbocycles. The maximum atomic E-state index is 13.2. The van der Waals surface area contributed by atoms with E-state index in [-0.39, 0.29) is 11.8 Å². The standard InChI is InChI=1S/C25H36ClN3O4/c26-21-5-3-6-22(17-21)33-20-25(18-24(31)28-13-15-32-16-14-28)8-4-11-29(19-25)23(30)7-12-27-9-1-2-10-27/h3,5-6,17H,1-2,4,7-16,18-20H2/t25-/m1/s1. The molecule has 3 aliphatic heterocycles. The van der Waals surface area contributed by atoms with Crippen molar-refractivity contribution >= 4 is 23.4 Å². The molecule has 182 valence electrons. The Morgan fingerprint density at radius 3 is 2.55 bits per heavy atom. The maximum absolute atomic E-state index is 13.2. The molecule has 3 aliphatic rings. The first-order valence-corrected chi connectivity index (χ1v) is 12.6. The zero-order valence-electron chi connectivity index (χ0n) is 19.5. The third kappa shape index (κ3) is 6.84. The Hall–Kier alpha value is -1.83. The number of amides is 2. The molecule has 2 amide bonds. The summed E-state index contributed by atoms with van der Waals surface area (Å²) in [5.41, 5.74) is -0.404. The molecule has 0 saturated carbocycles. The average Bonchev–Trinajstić information content (AvgIpc) is 3.36. The van der Waals surface area contributed by atoms with Gasteiger partial charge in [0.25, 0.3) is 0 Å². The molecule has 3 heterocycles. The summed E-state index contributed by atoms with van der Waals surface area (Å²) in [7, 11) is 0. The van der Waals surface area contributed by atoms with Crippen LogP contribution < -0.4 is 4.74 Å². The number of hydrogen-bond acceptors (Lipinski definition) is 5. The Labute approximate surface area is 201 Å². The van der Waals surface area contributed by atoms with Gasteiger partial charge in [-0.2, -0.15) is 0 Å². The van der Waals surface area contributed by atoms with E-state index in [1.165, 1.54) is 12.8 Å². The number of piperidine rings is 1. The van der Waals surface area contributed by atoms with Crippen molar-refractivity contribution in [1.29, 1.82) is 0 Å². The molecular weight excluding hydrogens is 442 g/mol. The van der Waals surface area contributed by atoms with Crippen molar-refractivity contribution in [3.63, 3.8) is 0 Å². The highest BCUT2D eigenvalue weighted by Gasteiger charge is 2.41. The summed E-state index contributed by atoms with van der Waals surface area (Å²) < 4.78 is 11.6. The average molecular weight is 478 g/mol. The second-order valence-corrected chi connectivity index (χ2v) is 10.1. The highest BCUT2D eigenvalue weighted by Crippen LogP contribution is 2.36. The Bertz CT molecular complexity index is 811. The molecule has 0 spiro atoms. The minimum atomic E-state index is -0.404. The van der Waals surface area contributed by atoms with Crippen LogP contribution in [0.5, 0.6) is 5.75 Å². The molecule has 4 rings (SSSR count). The van der Waals surface area contributed by atoms with Crippen LogP contribution in [0.3, 0.4) is 0 Å². The number of benzene rings is 1. The Morgan fingerprint density at radius 2 is 1.79 bits per heavy atom. The van der Waals surface area contributed by atoms with E-state index in [1.54, 1.807) is 6.07 Å². The highest BCUT2D eigenvalue weighted by atomic mass is 35.5. The van der Waals surface area contributed by atoms with Crippen LogP contribution in [0.4, 0.5) is 0 Å².